The number of nitrogens with one attached hydrogen (secondary N) is 2. The van der Waals surface area contributed by atoms with Crippen LogP contribution in [-0.4, -0.2) is 26.9 Å². The average Bonchev–Trinajstić information content (AvgIpc) is 3.32. The normalized spacial score (nSPS) is 11.5. The second-order valence-corrected chi connectivity index (χ2v) is 9.00. The predicted octanol–water partition coefficient (Wildman–Crippen LogP) is 3.57. The number of furan rings is 1. The molecule has 2 N–H and O–H groups in total. The molecule has 0 aliphatic carbocycles. The Morgan fingerprint density at radius 3 is 2.33 bits per heavy atom. The van der Waals surface area contributed by atoms with Gasteiger partial charge in [0.1, 0.15) is 5.76 Å². The molecule has 0 aliphatic heterocycles. The van der Waals surface area contributed by atoms with Gasteiger partial charge in [-0.25, -0.2) is 17.9 Å². The summed E-state index contributed by atoms with van der Waals surface area (Å²) in [6, 6.07) is 14.9. The molecule has 0 spiro atoms. The van der Waals surface area contributed by atoms with Gasteiger partial charge < -0.3 is 14.5 Å². The summed E-state index contributed by atoms with van der Waals surface area (Å²) in [7, 11) is -3.70. The number of sulfonamides is 1. The molecule has 172 valence electrons. The Balaban J connectivity index is 1.50. The number of benzene rings is 2. The van der Waals surface area contributed by atoms with Crippen molar-refractivity contribution in [3.63, 3.8) is 0 Å². The van der Waals surface area contributed by atoms with E-state index in [9.17, 15) is 18.0 Å². The SMILES string of the molecule is Cc1cccc(C)c1NC(=O)COC(=O)C=Cc1ccc(S(=O)(=O)NCc2ccco2)cc1. The van der Waals surface area contributed by atoms with Crippen LogP contribution in [0.3, 0.4) is 0 Å². The van der Waals surface area contributed by atoms with Gasteiger partial charge in [0.2, 0.25) is 10.0 Å². The minimum Gasteiger partial charge on any atom is -0.468 e. The van der Waals surface area contributed by atoms with Gasteiger partial charge >= 0.3 is 5.97 Å². The third-order valence-electron chi connectivity index (χ3n) is 4.71. The molecule has 0 bridgehead atoms. The van der Waals surface area contributed by atoms with Gasteiger partial charge in [0.25, 0.3) is 5.91 Å². The third-order valence-corrected chi connectivity index (χ3v) is 6.13. The fraction of sp³-hybridized carbons (Fsp3) is 0.167. The van der Waals surface area contributed by atoms with E-state index in [0.717, 1.165) is 11.1 Å². The van der Waals surface area contributed by atoms with E-state index in [2.05, 4.69) is 10.0 Å². The number of carbonyl (C=O) groups excluding carboxylic acids is 2. The molecule has 2 aromatic carbocycles. The molecule has 1 amide bonds. The van der Waals surface area contributed by atoms with Crippen LogP contribution in [0.2, 0.25) is 0 Å². The standard InChI is InChI=1S/C24H24N2O6S/c1-17-5-3-6-18(2)24(17)26-22(27)16-32-23(28)13-10-19-8-11-21(12-9-19)33(29,30)25-15-20-7-4-14-31-20/h3-14,25H,15-16H2,1-2H3,(H,26,27). The van der Waals surface area contributed by atoms with Crippen molar-refractivity contribution in [2.45, 2.75) is 25.3 Å². The molecule has 0 saturated carbocycles. The average molecular weight is 469 g/mol. The summed E-state index contributed by atoms with van der Waals surface area (Å²) in [6.45, 7) is 3.38. The smallest absolute Gasteiger partial charge is 0.331 e. The van der Waals surface area contributed by atoms with Gasteiger partial charge in [-0.1, -0.05) is 30.3 Å². The van der Waals surface area contributed by atoms with E-state index < -0.39 is 28.5 Å². The van der Waals surface area contributed by atoms with Gasteiger partial charge in [-0.05, 0) is 60.9 Å². The largest absolute Gasteiger partial charge is 0.468 e. The van der Waals surface area contributed by atoms with Crippen molar-refractivity contribution in [3.8, 4) is 0 Å². The van der Waals surface area contributed by atoms with Crippen molar-refractivity contribution in [2.75, 3.05) is 11.9 Å². The Morgan fingerprint density at radius 2 is 1.70 bits per heavy atom. The van der Waals surface area contributed by atoms with Crippen molar-refractivity contribution in [2.24, 2.45) is 0 Å². The van der Waals surface area contributed by atoms with Crippen molar-refractivity contribution >= 4 is 33.7 Å². The molecule has 0 radical (unpaired) electrons. The van der Waals surface area contributed by atoms with E-state index in [0.29, 0.717) is 17.0 Å². The number of amides is 1. The zero-order chi connectivity index (χ0) is 23.8. The maximum atomic E-state index is 12.3. The highest BCUT2D eigenvalue weighted by atomic mass is 32.2. The van der Waals surface area contributed by atoms with Crippen LogP contribution in [0.4, 0.5) is 5.69 Å². The first-order valence-corrected chi connectivity index (χ1v) is 11.6. The molecule has 9 heteroatoms. The van der Waals surface area contributed by atoms with E-state index >= 15 is 0 Å². The maximum absolute atomic E-state index is 12.3. The number of hydrogen-bond donors (Lipinski definition) is 2. The van der Waals surface area contributed by atoms with Gasteiger partial charge in [-0.15, -0.1) is 0 Å². The molecule has 0 aliphatic rings. The molecule has 1 heterocycles. The van der Waals surface area contributed by atoms with Crippen molar-refractivity contribution in [3.05, 3.63) is 89.4 Å². The molecule has 0 saturated heterocycles. The molecule has 0 unspecified atom stereocenters. The number of rotatable bonds is 9. The molecule has 0 atom stereocenters. The van der Waals surface area contributed by atoms with Gasteiger partial charge in [0.15, 0.2) is 6.61 Å². The minimum absolute atomic E-state index is 0.0415. The van der Waals surface area contributed by atoms with Gasteiger partial charge in [0, 0.05) is 11.8 Å². The maximum Gasteiger partial charge on any atom is 0.331 e. The van der Waals surface area contributed by atoms with Gasteiger partial charge in [-0.2, -0.15) is 0 Å². The van der Waals surface area contributed by atoms with Gasteiger partial charge in [-0.3, -0.25) is 4.79 Å². The number of carbonyl (C=O) groups is 2. The number of esters is 1. The summed E-state index contributed by atoms with van der Waals surface area (Å²) in [6.07, 6.45) is 4.11. The lowest BCUT2D eigenvalue weighted by Crippen LogP contribution is -2.22. The first-order valence-electron chi connectivity index (χ1n) is 10.1. The summed E-state index contributed by atoms with van der Waals surface area (Å²) in [5.74, 6) is -0.631. The van der Waals surface area contributed by atoms with Crippen LogP contribution in [0.1, 0.15) is 22.5 Å². The molecule has 3 aromatic rings. The fourth-order valence-corrected chi connectivity index (χ4v) is 3.95. The topological polar surface area (TPSA) is 115 Å². The summed E-state index contributed by atoms with van der Waals surface area (Å²) < 4.78 is 37.2. The van der Waals surface area contributed by atoms with E-state index in [1.165, 1.54) is 30.5 Å². The quantitative estimate of drug-likeness (QED) is 0.367. The van der Waals surface area contributed by atoms with Crippen LogP contribution >= 0.6 is 0 Å². The summed E-state index contributed by atoms with van der Waals surface area (Å²) in [5, 5.41) is 2.74. The summed E-state index contributed by atoms with van der Waals surface area (Å²) in [4.78, 5) is 24.1. The molecule has 8 nitrogen and oxygen atoms in total. The second-order valence-electron chi connectivity index (χ2n) is 7.23. The Hall–Kier alpha value is -3.69. The van der Waals surface area contributed by atoms with Gasteiger partial charge in [0.05, 0.1) is 17.7 Å². The lowest BCUT2D eigenvalue weighted by Gasteiger charge is -2.11. The van der Waals surface area contributed by atoms with Crippen molar-refractivity contribution < 1.29 is 27.2 Å². The zero-order valence-electron chi connectivity index (χ0n) is 18.2. The Bertz CT molecular complexity index is 1230. The van der Waals surface area contributed by atoms with Crippen LogP contribution in [0.25, 0.3) is 6.08 Å². The van der Waals surface area contributed by atoms with Crippen LogP contribution in [-0.2, 0) is 30.9 Å². The Labute approximate surface area is 192 Å². The van der Waals surface area contributed by atoms with Crippen molar-refractivity contribution in [1.29, 1.82) is 0 Å². The highest BCUT2D eigenvalue weighted by Crippen LogP contribution is 2.19. The third kappa shape index (κ3) is 6.90. The Kier molecular flexibility index (Phi) is 7.81. The van der Waals surface area contributed by atoms with E-state index in [1.807, 2.05) is 32.0 Å². The van der Waals surface area contributed by atoms with Crippen molar-refractivity contribution in [1.82, 2.24) is 4.72 Å². The first-order chi connectivity index (χ1) is 15.7. The number of aryl methyl sites for hydroxylation is 2. The molecule has 33 heavy (non-hydrogen) atoms. The summed E-state index contributed by atoms with van der Waals surface area (Å²) >= 11 is 0. The Morgan fingerprint density at radius 1 is 1.00 bits per heavy atom. The fourth-order valence-electron chi connectivity index (χ4n) is 2.96. The van der Waals surface area contributed by atoms with Crippen LogP contribution in [0.15, 0.2) is 76.2 Å². The second kappa shape index (κ2) is 10.8. The van der Waals surface area contributed by atoms with E-state index in [-0.39, 0.29) is 11.4 Å². The number of anilines is 1. The lowest BCUT2D eigenvalue weighted by molar-refractivity contribution is -0.142. The van der Waals surface area contributed by atoms with Crippen LogP contribution in [0, 0.1) is 13.8 Å². The number of hydrogen-bond acceptors (Lipinski definition) is 6. The zero-order valence-corrected chi connectivity index (χ0v) is 19.0. The summed E-state index contributed by atoms with van der Waals surface area (Å²) in [5.41, 5.74) is 3.12. The highest BCUT2D eigenvalue weighted by Gasteiger charge is 2.14. The molecule has 1 aromatic heterocycles. The minimum atomic E-state index is -3.70. The molecule has 0 fully saturated rings. The van der Waals surface area contributed by atoms with Crippen LogP contribution < -0.4 is 10.0 Å². The highest BCUT2D eigenvalue weighted by molar-refractivity contribution is 7.89. The number of para-hydroxylation sites is 1. The number of ether oxygens (including phenoxy) is 1. The van der Waals surface area contributed by atoms with E-state index in [4.69, 9.17) is 9.15 Å². The molecule has 3 rings (SSSR count). The predicted molar refractivity (Wildman–Crippen MR) is 124 cm³/mol. The monoisotopic (exact) mass is 468 g/mol. The molecular weight excluding hydrogens is 444 g/mol. The van der Waals surface area contributed by atoms with Crippen LogP contribution in [0.5, 0.6) is 0 Å². The molecular formula is C24H24N2O6S. The first kappa shape index (κ1) is 24.0. The van der Waals surface area contributed by atoms with E-state index in [1.54, 1.807) is 24.3 Å². The lowest BCUT2D eigenvalue weighted by atomic mass is 10.1.